The van der Waals surface area contributed by atoms with E-state index >= 15 is 0 Å². The van der Waals surface area contributed by atoms with E-state index in [1.807, 2.05) is 42.5 Å². The molecule has 0 bridgehead atoms. The Morgan fingerprint density at radius 2 is 1.88 bits per heavy atom. The van der Waals surface area contributed by atoms with Crippen molar-refractivity contribution in [3.05, 3.63) is 65.7 Å². The molecule has 1 aliphatic heterocycles. The molecular weight excluding hydrogens is 330 g/mol. The standard InChI is InChI=1S/C21H25NO2S/c1-21(2)14-18(17-10-6-7-11-19(17)24-21)22-20(23)12-13-25-15-16-8-4-3-5-9-16/h3-11,18H,12-15H2,1-2H3,(H,22,23)/t18-/m0/s1. The highest BCUT2D eigenvalue weighted by atomic mass is 32.2. The lowest BCUT2D eigenvalue weighted by molar-refractivity contribution is -0.121. The van der Waals surface area contributed by atoms with Gasteiger partial charge in [-0.15, -0.1) is 0 Å². The lowest BCUT2D eigenvalue weighted by Gasteiger charge is -2.37. The van der Waals surface area contributed by atoms with Gasteiger partial charge in [-0.25, -0.2) is 0 Å². The quantitative estimate of drug-likeness (QED) is 0.762. The third-order valence-corrected chi connectivity index (χ3v) is 5.33. The molecule has 1 amide bonds. The zero-order valence-electron chi connectivity index (χ0n) is 14.8. The Morgan fingerprint density at radius 1 is 1.16 bits per heavy atom. The molecule has 0 radical (unpaired) electrons. The number of ether oxygens (including phenoxy) is 1. The third-order valence-electron chi connectivity index (χ3n) is 4.30. The van der Waals surface area contributed by atoms with E-state index < -0.39 is 0 Å². The second-order valence-corrected chi connectivity index (χ2v) is 8.12. The van der Waals surface area contributed by atoms with Gasteiger partial charge < -0.3 is 10.1 Å². The normalized spacial score (nSPS) is 18.1. The number of hydrogen-bond acceptors (Lipinski definition) is 3. The first-order valence-electron chi connectivity index (χ1n) is 8.72. The van der Waals surface area contributed by atoms with Crippen LogP contribution >= 0.6 is 11.8 Å². The largest absolute Gasteiger partial charge is 0.487 e. The first-order chi connectivity index (χ1) is 12.0. The van der Waals surface area contributed by atoms with Gasteiger partial charge >= 0.3 is 0 Å². The number of para-hydroxylation sites is 1. The lowest BCUT2D eigenvalue weighted by atomic mass is 9.89. The van der Waals surface area contributed by atoms with E-state index in [9.17, 15) is 4.79 Å². The Kier molecular flexibility index (Phi) is 5.69. The van der Waals surface area contributed by atoms with Crippen LogP contribution < -0.4 is 10.1 Å². The fraction of sp³-hybridized carbons (Fsp3) is 0.381. The summed E-state index contributed by atoms with van der Waals surface area (Å²) >= 11 is 1.80. The minimum atomic E-state index is -0.269. The number of hydrogen-bond donors (Lipinski definition) is 1. The maximum atomic E-state index is 12.4. The molecule has 25 heavy (non-hydrogen) atoms. The van der Waals surface area contributed by atoms with E-state index in [1.165, 1.54) is 5.56 Å². The number of thioether (sulfide) groups is 1. The van der Waals surface area contributed by atoms with Gasteiger partial charge in [0, 0.05) is 29.9 Å². The summed E-state index contributed by atoms with van der Waals surface area (Å²) in [5.41, 5.74) is 2.11. The summed E-state index contributed by atoms with van der Waals surface area (Å²) in [5, 5.41) is 3.20. The molecule has 0 aromatic heterocycles. The predicted molar refractivity (Wildman–Crippen MR) is 104 cm³/mol. The average molecular weight is 356 g/mol. The van der Waals surface area contributed by atoms with Crippen molar-refractivity contribution in [3.63, 3.8) is 0 Å². The van der Waals surface area contributed by atoms with Crippen LogP contribution in [0.3, 0.4) is 0 Å². The number of fused-ring (bicyclic) bond motifs is 1. The van der Waals surface area contributed by atoms with Crippen LogP contribution in [0.1, 0.15) is 43.9 Å². The van der Waals surface area contributed by atoms with Crippen LogP contribution in [0.25, 0.3) is 0 Å². The summed E-state index contributed by atoms with van der Waals surface area (Å²) < 4.78 is 6.02. The fourth-order valence-electron chi connectivity index (χ4n) is 3.13. The minimum Gasteiger partial charge on any atom is -0.487 e. The molecule has 0 saturated carbocycles. The summed E-state index contributed by atoms with van der Waals surface area (Å²) in [4.78, 5) is 12.4. The van der Waals surface area contributed by atoms with Crippen molar-refractivity contribution in [2.45, 2.75) is 44.1 Å². The highest BCUT2D eigenvalue weighted by Crippen LogP contribution is 2.39. The van der Waals surface area contributed by atoms with E-state index in [0.29, 0.717) is 6.42 Å². The van der Waals surface area contributed by atoms with Gasteiger partial charge in [0.2, 0.25) is 5.91 Å². The lowest BCUT2D eigenvalue weighted by Crippen LogP contribution is -2.41. The third kappa shape index (κ3) is 5.02. The monoisotopic (exact) mass is 355 g/mol. The Bertz CT molecular complexity index is 715. The first kappa shape index (κ1) is 17.9. The summed E-state index contributed by atoms with van der Waals surface area (Å²) in [6.07, 6.45) is 1.32. The Morgan fingerprint density at radius 3 is 2.68 bits per heavy atom. The van der Waals surface area contributed by atoms with Gasteiger partial charge in [0.1, 0.15) is 11.4 Å². The van der Waals surface area contributed by atoms with Crippen LogP contribution in [0, 0.1) is 0 Å². The summed E-state index contributed by atoms with van der Waals surface area (Å²) in [6.45, 7) is 4.13. The number of carbonyl (C=O) groups excluding carboxylic acids is 1. The summed E-state index contributed by atoms with van der Waals surface area (Å²) in [5.74, 6) is 2.76. The Hall–Kier alpha value is -1.94. The molecule has 2 aromatic rings. The molecule has 1 aliphatic rings. The maximum absolute atomic E-state index is 12.4. The van der Waals surface area contributed by atoms with Gasteiger partial charge in [0.15, 0.2) is 0 Å². The van der Waals surface area contributed by atoms with Crippen LogP contribution in [-0.2, 0) is 10.5 Å². The molecule has 0 unspecified atom stereocenters. The second-order valence-electron chi connectivity index (χ2n) is 7.01. The van der Waals surface area contributed by atoms with Gasteiger partial charge in [0.05, 0.1) is 6.04 Å². The van der Waals surface area contributed by atoms with Crippen molar-refractivity contribution < 1.29 is 9.53 Å². The van der Waals surface area contributed by atoms with Crippen LogP contribution in [0.5, 0.6) is 5.75 Å². The van der Waals surface area contributed by atoms with Gasteiger partial charge in [0.25, 0.3) is 0 Å². The van der Waals surface area contributed by atoms with E-state index in [0.717, 1.165) is 29.2 Å². The molecule has 0 fully saturated rings. The molecule has 0 saturated heterocycles. The number of nitrogens with one attached hydrogen (secondary N) is 1. The highest BCUT2D eigenvalue weighted by Gasteiger charge is 2.34. The number of rotatable bonds is 6. The molecule has 1 N–H and O–H groups in total. The van der Waals surface area contributed by atoms with Gasteiger partial charge in [-0.1, -0.05) is 48.5 Å². The van der Waals surface area contributed by atoms with Gasteiger partial charge in [-0.3, -0.25) is 4.79 Å². The van der Waals surface area contributed by atoms with Crippen LogP contribution in [0.4, 0.5) is 0 Å². The second kappa shape index (κ2) is 7.96. The Labute approximate surface area is 154 Å². The molecule has 3 rings (SSSR count). The zero-order valence-corrected chi connectivity index (χ0v) is 15.6. The molecule has 132 valence electrons. The molecular formula is C21H25NO2S. The Balaban J connectivity index is 1.51. The van der Waals surface area contributed by atoms with Crippen LogP contribution in [0.15, 0.2) is 54.6 Å². The number of amides is 1. The van der Waals surface area contributed by atoms with Crippen molar-refractivity contribution in [1.29, 1.82) is 0 Å². The van der Waals surface area contributed by atoms with Crippen molar-refractivity contribution >= 4 is 17.7 Å². The molecule has 2 aromatic carbocycles. The smallest absolute Gasteiger partial charge is 0.221 e. The van der Waals surface area contributed by atoms with Crippen molar-refractivity contribution in [2.24, 2.45) is 0 Å². The van der Waals surface area contributed by atoms with Gasteiger partial charge in [-0.2, -0.15) is 11.8 Å². The van der Waals surface area contributed by atoms with Crippen LogP contribution in [-0.4, -0.2) is 17.3 Å². The van der Waals surface area contributed by atoms with Crippen molar-refractivity contribution in [3.8, 4) is 5.75 Å². The molecule has 3 nitrogen and oxygen atoms in total. The van der Waals surface area contributed by atoms with Crippen molar-refractivity contribution in [1.82, 2.24) is 5.32 Å². The number of carbonyl (C=O) groups is 1. The topological polar surface area (TPSA) is 38.3 Å². The molecule has 0 aliphatic carbocycles. The summed E-state index contributed by atoms with van der Waals surface area (Å²) in [6, 6.07) is 18.4. The van der Waals surface area contributed by atoms with Crippen LogP contribution in [0.2, 0.25) is 0 Å². The van der Waals surface area contributed by atoms with E-state index in [4.69, 9.17) is 4.74 Å². The average Bonchev–Trinajstić information content (AvgIpc) is 2.59. The van der Waals surface area contributed by atoms with E-state index in [-0.39, 0.29) is 17.6 Å². The minimum absolute atomic E-state index is 0.0200. The molecule has 1 atom stereocenters. The maximum Gasteiger partial charge on any atom is 0.221 e. The van der Waals surface area contributed by atoms with Gasteiger partial charge in [-0.05, 0) is 25.5 Å². The number of benzene rings is 2. The molecule has 1 heterocycles. The molecule has 0 spiro atoms. The summed E-state index contributed by atoms with van der Waals surface area (Å²) in [7, 11) is 0. The first-order valence-corrected chi connectivity index (χ1v) is 9.88. The highest BCUT2D eigenvalue weighted by molar-refractivity contribution is 7.98. The zero-order chi connectivity index (χ0) is 17.7. The van der Waals surface area contributed by atoms with E-state index in [1.54, 1.807) is 11.8 Å². The fourth-order valence-corrected chi connectivity index (χ4v) is 4.03. The van der Waals surface area contributed by atoms with E-state index in [2.05, 4.69) is 31.3 Å². The predicted octanol–water partition coefficient (Wildman–Crippen LogP) is 4.73. The van der Waals surface area contributed by atoms with Crippen molar-refractivity contribution in [2.75, 3.05) is 5.75 Å². The molecule has 4 heteroatoms. The SMILES string of the molecule is CC1(C)C[C@H](NC(=O)CCSCc2ccccc2)c2ccccc2O1.